The van der Waals surface area contributed by atoms with E-state index in [-0.39, 0.29) is 23.3 Å². The average Bonchev–Trinajstić information content (AvgIpc) is 3.02. The molecule has 0 spiro atoms. The zero-order chi connectivity index (χ0) is 18.0. The molecule has 0 bridgehead atoms. The monoisotopic (exact) mass is 367 g/mol. The molecule has 3 rings (SSSR count). The van der Waals surface area contributed by atoms with Crippen molar-refractivity contribution in [2.75, 3.05) is 6.54 Å². The number of ether oxygens (including phenoxy) is 1. The molecule has 1 aromatic carbocycles. The molecule has 1 aliphatic heterocycles. The number of para-hydroxylation sites is 1. The van der Waals surface area contributed by atoms with Crippen molar-refractivity contribution in [3.63, 3.8) is 0 Å². The number of halogens is 3. The highest BCUT2D eigenvalue weighted by atomic mass is 32.1. The maximum absolute atomic E-state index is 12.5. The minimum atomic E-state index is -4.77. The van der Waals surface area contributed by atoms with Crippen molar-refractivity contribution in [1.82, 2.24) is 4.90 Å². The Balaban J connectivity index is 1.76. The summed E-state index contributed by atoms with van der Waals surface area (Å²) in [7, 11) is 0. The largest absolute Gasteiger partial charge is 0.573 e. The third-order valence-electron chi connectivity index (χ3n) is 4.11. The van der Waals surface area contributed by atoms with Gasteiger partial charge in [0, 0.05) is 23.1 Å². The van der Waals surface area contributed by atoms with Gasteiger partial charge in [-0.1, -0.05) is 18.2 Å². The summed E-state index contributed by atoms with van der Waals surface area (Å²) >= 11 is 1.68. The quantitative estimate of drug-likeness (QED) is 0.729. The Labute approximate surface area is 147 Å². The fraction of sp³-hybridized carbons (Fsp3) is 0.278. The van der Waals surface area contributed by atoms with Crippen LogP contribution < -0.4 is 4.74 Å². The molecule has 132 valence electrons. The van der Waals surface area contributed by atoms with Crippen molar-refractivity contribution in [3.05, 3.63) is 57.8 Å². The predicted molar refractivity (Wildman–Crippen MR) is 90.3 cm³/mol. The number of amides is 1. The number of alkyl halides is 3. The lowest BCUT2D eigenvalue weighted by atomic mass is 10.0. The van der Waals surface area contributed by atoms with E-state index in [9.17, 15) is 18.0 Å². The Morgan fingerprint density at radius 1 is 1.32 bits per heavy atom. The molecule has 25 heavy (non-hydrogen) atoms. The lowest BCUT2D eigenvalue weighted by Crippen LogP contribution is -2.37. The van der Waals surface area contributed by atoms with Gasteiger partial charge in [-0.2, -0.15) is 0 Å². The van der Waals surface area contributed by atoms with Crippen molar-refractivity contribution >= 4 is 23.3 Å². The van der Waals surface area contributed by atoms with Gasteiger partial charge >= 0.3 is 6.36 Å². The minimum Gasteiger partial charge on any atom is -0.405 e. The lowest BCUT2D eigenvalue weighted by molar-refractivity contribution is -0.274. The molecule has 7 heteroatoms. The minimum absolute atomic E-state index is 0.0474. The summed E-state index contributed by atoms with van der Waals surface area (Å²) in [6.07, 6.45) is -1.32. The van der Waals surface area contributed by atoms with E-state index >= 15 is 0 Å². The molecular weight excluding hydrogens is 351 g/mol. The van der Waals surface area contributed by atoms with Crippen molar-refractivity contribution in [1.29, 1.82) is 0 Å². The number of thiophene rings is 1. The number of nitrogens with zero attached hydrogens (tertiary/aromatic N) is 1. The Morgan fingerprint density at radius 3 is 2.84 bits per heavy atom. The van der Waals surface area contributed by atoms with Gasteiger partial charge in [-0.25, -0.2) is 0 Å². The number of hydrogen-bond acceptors (Lipinski definition) is 3. The van der Waals surface area contributed by atoms with Gasteiger partial charge in [-0.15, -0.1) is 24.5 Å². The summed E-state index contributed by atoms with van der Waals surface area (Å²) in [6, 6.07) is 7.70. The van der Waals surface area contributed by atoms with Gasteiger partial charge in [0.2, 0.25) is 5.91 Å². The molecule has 1 aromatic heterocycles. The molecule has 2 aromatic rings. The van der Waals surface area contributed by atoms with Crippen molar-refractivity contribution in [2.24, 2.45) is 0 Å². The Morgan fingerprint density at radius 2 is 2.08 bits per heavy atom. The number of rotatable bonds is 3. The summed E-state index contributed by atoms with van der Waals surface area (Å²) in [5.41, 5.74) is 1.34. The van der Waals surface area contributed by atoms with E-state index in [1.54, 1.807) is 22.3 Å². The van der Waals surface area contributed by atoms with Gasteiger partial charge in [0.05, 0.1) is 6.04 Å². The highest BCUT2D eigenvalue weighted by molar-refractivity contribution is 7.10. The zero-order valence-electron chi connectivity index (χ0n) is 13.4. The topological polar surface area (TPSA) is 29.5 Å². The van der Waals surface area contributed by atoms with Gasteiger partial charge in [-0.3, -0.25) is 4.79 Å². The van der Waals surface area contributed by atoms with Crippen molar-refractivity contribution in [2.45, 2.75) is 25.7 Å². The third kappa shape index (κ3) is 4.04. The predicted octanol–water partition coefficient (Wildman–Crippen LogP) is 4.81. The highest BCUT2D eigenvalue weighted by Gasteiger charge is 2.32. The number of carbonyl (C=O) groups excluding carboxylic acids is 1. The normalized spacial score (nSPS) is 17.6. The average molecular weight is 367 g/mol. The molecule has 1 aliphatic rings. The standard InChI is InChI=1S/C18H16F3NO2S/c1-12-14-9-11-25-16(14)8-10-22(12)17(23)7-6-13-4-2-3-5-15(13)24-18(19,20)21/h2-7,9,11-12H,8,10H2,1H3/b7-6+. The van der Waals surface area contributed by atoms with Crippen LogP contribution in [-0.2, 0) is 11.2 Å². The van der Waals surface area contributed by atoms with Crippen LogP contribution >= 0.6 is 11.3 Å². The number of benzene rings is 1. The molecule has 0 N–H and O–H groups in total. The van der Waals surface area contributed by atoms with Crippen molar-refractivity contribution in [3.8, 4) is 5.75 Å². The smallest absolute Gasteiger partial charge is 0.405 e. The second-order valence-electron chi connectivity index (χ2n) is 5.68. The van der Waals surface area contributed by atoms with E-state index in [1.807, 2.05) is 18.4 Å². The van der Waals surface area contributed by atoms with Gasteiger partial charge in [-0.05, 0) is 42.5 Å². The van der Waals surface area contributed by atoms with Crippen LogP contribution in [0.5, 0.6) is 5.75 Å². The second-order valence-corrected chi connectivity index (χ2v) is 6.68. The van der Waals surface area contributed by atoms with Crippen LogP contribution in [0.25, 0.3) is 6.08 Å². The molecule has 0 aliphatic carbocycles. The van der Waals surface area contributed by atoms with E-state index in [1.165, 1.54) is 35.2 Å². The first-order valence-electron chi connectivity index (χ1n) is 7.75. The van der Waals surface area contributed by atoms with Crippen LogP contribution in [0.15, 0.2) is 41.8 Å². The van der Waals surface area contributed by atoms with E-state index in [0.717, 1.165) is 12.0 Å². The molecule has 1 unspecified atom stereocenters. The number of fused-ring (bicyclic) bond motifs is 1. The zero-order valence-corrected chi connectivity index (χ0v) is 14.2. The molecule has 1 amide bonds. The molecule has 2 heterocycles. The van der Waals surface area contributed by atoms with Crippen LogP contribution in [0.4, 0.5) is 13.2 Å². The Bertz CT molecular complexity index is 798. The molecule has 3 nitrogen and oxygen atoms in total. The second kappa shape index (κ2) is 6.92. The summed E-state index contributed by atoms with van der Waals surface area (Å²) in [5.74, 6) is -0.558. The fourth-order valence-electron chi connectivity index (χ4n) is 2.90. The van der Waals surface area contributed by atoms with Crippen LogP contribution in [0.3, 0.4) is 0 Å². The third-order valence-corrected chi connectivity index (χ3v) is 5.11. The first-order valence-corrected chi connectivity index (χ1v) is 8.63. The summed E-state index contributed by atoms with van der Waals surface area (Å²) in [5, 5.41) is 2.01. The maximum Gasteiger partial charge on any atom is 0.573 e. The Kier molecular flexibility index (Phi) is 4.85. The molecule has 0 saturated carbocycles. The maximum atomic E-state index is 12.5. The van der Waals surface area contributed by atoms with E-state index < -0.39 is 6.36 Å². The van der Waals surface area contributed by atoms with E-state index in [0.29, 0.717) is 6.54 Å². The van der Waals surface area contributed by atoms with E-state index in [4.69, 9.17) is 0 Å². The molecule has 0 saturated heterocycles. The first kappa shape index (κ1) is 17.5. The van der Waals surface area contributed by atoms with Crippen LogP contribution in [0, 0.1) is 0 Å². The summed E-state index contributed by atoms with van der Waals surface area (Å²) in [4.78, 5) is 15.5. The number of carbonyl (C=O) groups is 1. The van der Waals surface area contributed by atoms with Gasteiger partial charge in [0.1, 0.15) is 5.75 Å². The van der Waals surface area contributed by atoms with Gasteiger partial charge in [0.25, 0.3) is 0 Å². The molecule has 0 fully saturated rings. The van der Waals surface area contributed by atoms with Crippen molar-refractivity contribution < 1.29 is 22.7 Å². The summed E-state index contributed by atoms with van der Waals surface area (Å²) in [6.45, 7) is 2.55. The van der Waals surface area contributed by atoms with Crippen LogP contribution in [0.2, 0.25) is 0 Å². The van der Waals surface area contributed by atoms with E-state index in [2.05, 4.69) is 4.74 Å². The SMILES string of the molecule is CC1c2ccsc2CCN1C(=O)/C=C/c1ccccc1OC(F)(F)F. The number of hydrogen-bond donors (Lipinski definition) is 0. The van der Waals surface area contributed by atoms with Crippen LogP contribution in [-0.4, -0.2) is 23.7 Å². The summed E-state index contributed by atoms with van der Waals surface area (Å²) < 4.78 is 41.3. The lowest BCUT2D eigenvalue weighted by Gasteiger charge is -2.32. The molecule has 1 atom stereocenters. The fourth-order valence-corrected chi connectivity index (χ4v) is 3.87. The van der Waals surface area contributed by atoms with Gasteiger partial charge < -0.3 is 9.64 Å². The highest BCUT2D eigenvalue weighted by Crippen LogP contribution is 2.33. The molecular formula is C18H16F3NO2S. The Hall–Kier alpha value is -2.28. The van der Waals surface area contributed by atoms with Gasteiger partial charge in [0.15, 0.2) is 0 Å². The molecule has 0 radical (unpaired) electrons. The first-order chi connectivity index (χ1) is 11.8. The van der Waals surface area contributed by atoms with Crippen LogP contribution in [0.1, 0.15) is 29.0 Å².